The molecule has 4 rings (SSSR count). The molecule has 3 aromatic rings. The highest BCUT2D eigenvalue weighted by Gasteiger charge is 2.24. The van der Waals surface area contributed by atoms with Crippen molar-refractivity contribution in [1.29, 1.82) is 0 Å². The Morgan fingerprint density at radius 2 is 1.56 bits per heavy atom. The Balaban J connectivity index is 1.57. The summed E-state index contributed by atoms with van der Waals surface area (Å²) in [5.41, 5.74) is 2.32. The van der Waals surface area contributed by atoms with Gasteiger partial charge in [0.15, 0.2) is 5.82 Å². The molecule has 140 valence electrons. The van der Waals surface area contributed by atoms with Gasteiger partial charge in [-0.05, 0) is 31.0 Å². The number of hydrogen-bond acceptors (Lipinski definition) is 5. The van der Waals surface area contributed by atoms with E-state index in [1.165, 1.54) is 0 Å². The molecule has 0 radical (unpaired) electrons. The van der Waals surface area contributed by atoms with Gasteiger partial charge in [0.2, 0.25) is 5.89 Å². The van der Waals surface area contributed by atoms with Crippen molar-refractivity contribution in [2.75, 3.05) is 20.3 Å². The molecule has 0 aliphatic carbocycles. The Morgan fingerprint density at radius 1 is 0.963 bits per heavy atom. The Kier molecular flexibility index (Phi) is 5.61. The highest BCUT2D eigenvalue weighted by molar-refractivity contribution is 5.37. The zero-order chi connectivity index (χ0) is 18.5. The van der Waals surface area contributed by atoms with Gasteiger partial charge in [-0.1, -0.05) is 65.8 Å². The highest BCUT2D eigenvalue weighted by atomic mass is 16.5. The first-order chi connectivity index (χ1) is 13.3. The van der Waals surface area contributed by atoms with Gasteiger partial charge in [0.25, 0.3) is 0 Å². The van der Waals surface area contributed by atoms with Crippen molar-refractivity contribution < 1.29 is 9.26 Å². The molecular formula is C22H25N3O2. The molecular weight excluding hydrogens is 338 g/mol. The first kappa shape index (κ1) is 17.9. The predicted molar refractivity (Wildman–Crippen MR) is 103 cm³/mol. The van der Waals surface area contributed by atoms with E-state index >= 15 is 0 Å². The van der Waals surface area contributed by atoms with Gasteiger partial charge in [-0.2, -0.15) is 4.98 Å². The van der Waals surface area contributed by atoms with E-state index in [1.807, 2.05) is 36.4 Å². The van der Waals surface area contributed by atoms with E-state index in [0.29, 0.717) is 24.3 Å². The summed E-state index contributed by atoms with van der Waals surface area (Å²) >= 11 is 0. The molecule has 0 amide bonds. The number of nitrogens with zero attached hydrogens (tertiary/aromatic N) is 3. The fourth-order valence-corrected chi connectivity index (χ4v) is 3.70. The van der Waals surface area contributed by atoms with Crippen LogP contribution in [0.1, 0.15) is 41.6 Å². The lowest BCUT2D eigenvalue weighted by Gasteiger charge is -2.29. The number of benzene rings is 2. The number of ether oxygens (including phenoxy) is 1. The van der Waals surface area contributed by atoms with Gasteiger partial charge in [0.05, 0.1) is 12.5 Å². The minimum atomic E-state index is -0.0294. The lowest BCUT2D eigenvalue weighted by atomic mass is 9.91. The van der Waals surface area contributed by atoms with Crippen molar-refractivity contribution in [3.8, 4) is 0 Å². The number of rotatable bonds is 6. The summed E-state index contributed by atoms with van der Waals surface area (Å²) < 4.78 is 11.1. The molecule has 1 saturated heterocycles. The molecule has 1 aromatic heterocycles. The lowest BCUT2D eigenvalue weighted by molar-refractivity contribution is 0.0376. The first-order valence-corrected chi connectivity index (χ1v) is 9.51. The second-order valence-corrected chi connectivity index (χ2v) is 7.06. The minimum absolute atomic E-state index is 0.0294. The predicted octanol–water partition coefficient (Wildman–Crippen LogP) is 3.86. The van der Waals surface area contributed by atoms with E-state index in [-0.39, 0.29) is 5.92 Å². The molecule has 0 bridgehead atoms. The van der Waals surface area contributed by atoms with E-state index in [9.17, 15) is 0 Å². The third kappa shape index (κ3) is 4.26. The summed E-state index contributed by atoms with van der Waals surface area (Å²) in [5, 5.41) is 4.33. The second-order valence-electron chi connectivity index (χ2n) is 7.06. The van der Waals surface area contributed by atoms with Crippen LogP contribution in [0.2, 0.25) is 0 Å². The maximum atomic E-state index is 5.62. The third-order valence-corrected chi connectivity index (χ3v) is 5.21. The Morgan fingerprint density at radius 3 is 2.15 bits per heavy atom. The van der Waals surface area contributed by atoms with Gasteiger partial charge < -0.3 is 9.26 Å². The normalized spacial score (nSPS) is 15.5. The Labute approximate surface area is 160 Å². The molecule has 27 heavy (non-hydrogen) atoms. The first-order valence-electron chi connectivity index (χ1n) is 9.51. The van der Waals surface area contributed by atoms with Crippen LogP contribution in [0, 0.1) is 0 Å². The maximum absolute atomic E-state index is 5.62. The fraction of sp³-hybridized carbons (Fsp3) is 0.364. The summed E-state index contributed by atoms with van der Waals surface area (Å²) in [6, 6.07) is 21.2. The molecule has 5 nitrogen and oxygen atoms in total. The molecule has 2 heterocycles. The van der Waals surface area contributed by atoms with E-state index in [2.05, 4.69) is 41.4 Å². The smallest absolute Gasteiger partial charge is 0.240 e. The van der Waals surface area contributed by atoms with Crippen LogP contribution in [0.15, 0.2) is 65.2 Å². The average molecular weight is 363 g/mol. The summed E-state index contributed by atoms with van der Waals surface area (Å²) in [5.74, 6) is 1.34. The summed E-state index contributed by atoms with van der Waals surface area (Å²) in [7, 11) is 2.12. The van der Waals surface area contributed by atoms with Crippen LogP contribution in [0.25, 0.3) is 0 Å². The van der Waals surface area contributed by atoms with Gasteiger partial charge in [-0.25, -0.2) is 0 Å². The summed E-state index contributed by atoms with van der Waals surface area (Å²) in [6.45, 7) is 2.32. The molecule has 0 atom stereocenters. The second kappa shape index (κ2) is 8.46. The third-order valence-electron chi connectivity index (χ3n) is 5.21. The highest BCUT2D eigenvalue weighted by Crippen LogP contribution is 2.30. The van der Waals surface area contributed by atoms with Crippen molar-refractivity contribution in [1.82, 2.24) is 15.0 Å². The molecule has 0 saturated carbocycles. The number of aromatic nitrogens is 2. The fourth-order valence-electron chi connectivity index (χ4n) is 3.70. The zero-order valence-corrected chi connectivity index (χ0v) is 15.6. The Hall–Kier alpha value is -2.50. The van der Waals surface area contributed by atoms with Crippen molar-refractivity contribution in [3.63, 3.8) is 0 Å². The van der Waals surface area contributed by atoms with E-state index in [0.717, 1.165) is 37.2 Å². The van der Waals surface area contributed by atoms with Crippen LogP contribution >= 0.6 is 0 Å². The zero-order valence-electron chi connectivity index (χ0n) is 15.6. The molecule has 1 fully saturated rings. The maximum Gasteiger partial charge on any atom is 0.240 e. The van der Waals surface area contributed by atoms with E-state index < -0.39 is 0 Å². The summed E-state index contributed by atoms with van der Waals surface area (Å²) in [6.07, 6.45) is 2.10. The monoisotopic (exact) mass is 363 g/mol. The van der Waals surface area contributed by atoms with Crippen LogP contribution in [0.3, 0.4) is 0 Å². The summed E-state index contributed by atoms with van der Waals surface area (Å²) in [4.78, 5) is 7.04. The van der Waals surface area contributed by atoms with E-state index in [4.69, 9.17) is 14.2 Å². The molecule has 1 aliphatic rings. The molecule has 0 N–H and O–H groups in total. The van der Waals surface area contributed by atoms with Gasteiger partial charge in [0, 0.05) is 19.3 Å². The lowest BCUT2D eigenvalue weighted by Crippen LogP contribution is -2.36. The molecule has 0 spiro atoms. The van der Waals surface area contributed by atoms with Crippen LogP contribution in [0.4, 0.5) is 0 Å². The molecule has 1 aliphatic heterocycles. The van der Waals surface area contributed by atoms with Gasteiger partial charge in [-0.3, -0.25) is 4.90 Å². The van der Waals surface area contributed by atoms with Crippen LogP contribution in [-0.2, 0) is 11.3 Å². The van der Waals surface area contributed by atoms with Crippen LogP contribution < -0.4 is 0 Å². The molecule has 0 unspecified atom stereocenters. The van der Waals surface area contributed by atoms with Gasteiger partial charge in [-0.15, -0.1) is 0 Å². The van der Waals surface area contributed by atoms with Crippen LogP contribution in [0.5, 0.6) is 0 Å². The van der Waals surface area contributed by atoms with Gasteiger partial charge in [0.1, 0.15) is 0 Å². The van der Waals surface area contributed by atoms with Crippen LogP contribution in [-0.4, -0.2) is 41.3 Å². The largest absolute Gasteiger partial charge is 0.381 e. The van der Waals surface area contributed by atoms with Gasteiger partial charge >= 0.3 is 0 Å². The SMILES string of the molecule is CN(Cc1nc(C(c2ccccc2)c2ccccc2)no1)C1CCOCC1. The van der Waals surface area contributed by atoms with E-state index in [1.54, 1.807) is 0 Å². The molecule has 2 aromatic carbocycles. The standard InChI is InChI=1S/C22H25N3O2/c1-25(19-12-14-26-15-13-19)16-20-23-22(24-27-20)21(17-8-4-2-5-9-17)18-10-6-3-7-11-18/h2-11,19,21H,12-16H2,1H3. The minimum Gasteiger partial charge on any atom is -0.381 e. The van der Waals surface area contributed by atoms with Crippen molar-refractivity contribution >= 4 is 0 Å². The van der Waals surface area contributed by atoms with Crippen molar-refractivity contribution in [2.45, 2.75) is 31.3 Å². The topological polar surface area (TPSA) is 51.4 Å². The Bertz CT molecular complexity index is 790. The molecule has 5 heteroatoms. The van der Waals surface area contributed by atoms with Crippen molar-refractivity contribution in [3.05, 3.63) is 83.5 Å². The quantitative estimate of drug-likeness (QED) is 0.666. The number of hydrogen-bond donors (Lipinski definition) is 0. The average Bonchev–Trinajstić information content (AvgIpc) is 3.18. The van der Waals surface area contributed by atoms with Crippen molar-refractivity contribution in [2.24, 2.45) is 0 Å².